The van der Waals surface area contributed by atoms with E-state index in [0.29, 0.717) is 0 Å². The first-order valence-electron chi connectivity index (χ1n) is 17.4. The van der Waals surface area contributed by atoms with Crippen LogP contribution in [0.2, 0.25) is 0 Å². The number of benzene rings is 10. The number of hydrogen-bond acceptors (Lipinski definition) is 0. The Balaban J connectivity index is 1.13. The lowest BCUT2D eigenvalue weighted by molar-refractivity contribution is 0.672. The Bertz CT molecular complexity index is 2990. The molecule has 0 spiro atoms. The van der Waals surface area contributed by atoms with Crippen LogP contribution in [0.5, 0.6) is 0 Å². The van der Waals surface area contributed by atoms with Crippen molar-refractivity contribution in [3.8, 4) is 33.4 Å². The SMILES string of the molecule is CC1(C)c2c(ccc3cc(-c4ccccc4-c4ccc5ccc6cccc7ccc4c5c67)ccc23)-c2c1c1ccccc1c1ccccc21. The maximum atomic E-state index is 2.43. The van der Waals surface area contributed by atoms with Gasteiger partial charge in [-0.25, -0.2) is 0 Å². The molecular formula is C49H32. The van der Waals surface area contributed by atoms with Gasteiger partial charge >= 0.3 is 0 Å². The van der Waals surface area contributed by atoms with E-state index in [1.807, 2.05) is 0 Å². The molecule has 0 bridgehead atoms. The molecule has 0 atom stereocenters. The van der Waals surface area contributed by atoms with Gasteiger partial charge in [-0.3, -0.25) is 0 Å². The highest BCUT2D eigenvalue weighted by atomic mass is 14.4. The van der Waals surface area contributed by atoms with E-state index >= 15 is 0 Å². The van der Waals surface area contributed by atoms with Crippen molar-refractivity contribution >= 4 is 64.6 Å². The largest absolute Gasteiger partial charge is 0.0616 e. The van der Waals surface area contributed by atoms with Gasteiger partial charge < -0.3 is 0 Å². The molecule has 0 saturated carbocycles. The summed E-state index contributed by atoms with van der Waals surface area (Å²) in [4.78, 5) is 0. The van der Waals surface area contributed by atoms with Crippen LogP contribution in [0, 0.1) is 0 Å². The molecule has 0 heterocycles. The molecule has 0 N–H and O–H groups in total. The van der Waals surface area contributed by atoms with Crippen LogP contribution in [0.1, 0.15) is 25.0 Å². The lowest BCUT2D eigenvalue weighted by Crippen LogP contribution is -2.16. The van der Waals surface area contributed by atoms with Crippen LogP contribution in [-0.2, 0) is 5.41 Å². The molecule has 0 fully saturated rings. The Kier molecular flexibility index (Phi) is 5.27. The molecule has 10 aromatic rings. The first-order valence-corrected chi connectivity index (χ1v) is 17.4. The normalized spacial score (nSPS) is 13.7. The van der Waals surface area contributed by atoms with E-state index in [1.165, 1.54) is 109 Å². The van der Waals surface area contributed by atoms with Crippen LogP contribution >= 0.6 is 0 Å². The van der Waals surface area contributed by atoms with Crippen molar-refractivity contribution in [2.75, 3.05) is 0 Å². The number of rotatable bonds is 2. The molecule has 0 nitrogen and oxygen atoms in total. The molecule has 0 aliphatic heterocycles. The minimum absolute atomic E-state index is 0.144. The van der Waals surface area contributed by atoms with Gasteiger partial charge in [-0.1, -0.05) is 166 Å². The topological polar surface area (TPSA) is 0 Å². The van der Waals surface area contributed by atoms with Gasteiger partial charge in [0.15, 0.2) is 0 Å². The maximum Gasteiger partial charge on any atom is 0.0171 e. The fourth-order valence-electron chi connectivity index (χ4n) is 9.51. The Hall–Kier alpha value is -5.98. The molecule has 0 unspecified atom stereocenters. The molecule has 1 aliphatic rings. The van der Waals surface area contributed by atoms with Crippen LogP contribution in [0.4, 0.5) is 0 Å². The van der Waals surface area contributed by atoms with Crippen LogP contribution in [0.3, 0.4) is 0 Å². The summed E-state index contributed by atoms with van der Waals surface area (Å²) in [5, 5.41) is 15.9. The van der Waals surface area contributed by atoms with Gasteiger partial charge in [0.25, 0.3) is 0 Å². The van der Waals surface area contributed by atoms with Gasteiger partial charge in [0, 0.05) is 5.41 Å². The highest BCUT2D eigenvalue weighted by Crippen LogP contribution is 2.56. The predicted octanol–water partition coefficient (Wildman–Crippen LogP) is 13.7. The second-order valence-corrected chi connectivity index (χ2v) is 14.4. The average Bonchev–Trinajstić information content (AvgIpc) is 3.40. The van der Waals surface area contributed by atoms with Crippen LogP contribution in [0.15, 0.2) is 158 Å². The maximum absolute atomic E-state index is 2.43. The first kappa shape index (κ1) is 27.0. The molecule has 228 valence electrons. The first-order chi connectivity index (χ1) is 24.1. The molecular weight excluding hydrogens is 589 g/mol. The third kappa shape index (κ3) is 3.53. The van der Waals surface area contributed by atoms with Crippen molar-refractivity contribution in [2.45, 2.75) is 19.3 Å². The zero-order chi connectivity index (χ0) is 32.4. The minimum Gasteiger partial charge on any atom is -0.0616 e. The van der Waals surface area contributed by atoms with Gasteiger partial charge in [0.1, 0.15) is 0 Å². The van der Waals surface area contributed by atoms with E-state index in [2.05, 4.69) is 172 Å². The molecule has 0 amide bonds. The standard InChI is InChI=1S/C49H32/c1-49(2)47-35-24-22-32(28-33(35)23-27-43(47)46-40-16-7-5-14-37(40)38-15-6-8-17-42(38)48(46)49)34-12-3-4-13-36(34)39-25-20-31-19-18-29-10-9-11-30-21-26-41(39)45(31)44(29)30/h3-28H,1-2H3. The van der Waals surface area contributed by atoms with E-state index in [4.69, 9.17) is 0 Å². The molecule has 0 aromatic heterocycles. The van der Waals surface area contributed by atoms with Crippen molar-refractivity contribution in [3.05, 3.63) is 169 Å². The molecule has 11 rings (SSSR count). The Morgan fingerprint density at radius 2 is 0.898 bits per heavy atom. The van der Waals surface area contributed by atoms with E-state index < -0.39 is 0 Å². The summed E-state index contributed by atoms with van der Waals surface area (Å²) in [7, 11) is 0. The van der Waals surface area contributed by atoms with Crippen LogP contribution in [0.25, 0.3) is 98.0 Å². The Morgan fingerprint density at radius 1 is 0.327 bits per heavy atom. The monoisotopic (exact) mass is 620 g/mol. The van der Waals surface area contributed by atoms with Crippen molar-refractivity contribution in [1.82, 2.24) is 0 Å². The van der Waals surface area contributed by atoms with Gasteiger partial charge in [0.2, 0.25) is 0 Å². The second kappa shape index (κ2) is 9.56. The molecule has 0 radical (unpaired) electrons. The third-order valence-corrected chi connectivity index (χ3v) is 11.5. The summed E-state index contributed by atoms with van der Waals surface area (Å²) in [6.07, 6.45) is 0. The molecule has 49 heavy (non-hydrogen) atoms. The zero-order valence-electron chi connectivity index (χ0n) is 27.5. The smallest absolute Gasteiger partial charge is 0.0171 e. The van der Waals surface area contributed by atoms with Crippen molar-refractivity contribution in [2.24, 2.45) is 0 Å². The van der Waals surface area contributed by atoms with E-state index in [-0.39, 0.29) is 5.41 Å². The second-order valence-electron chi connectivity index (χ2n) is 14.4. The van der Waals surface area contributed by atoms with Crippen LogP contribution < -0.4 is 0 Å². The third-order valence-electron chi connectivity index (χ3n) is 11.5. The van der Waals surface area contributed by atoms with Gasteiger partial charge in [-0.05, 0) is 115 Å². The van der Waals surface area contributed by atoms with E-state index in [9.17, 15) is 0 Å². The summed E-state index contributed by atoms with van der Waals surface area (Å²) in [5.74, 6) is 0. The van der Waals surface area contributed by atoms with Crippen LogP contribution in [-0.4, -0.2) is 0 Å². The summed E-state index contributed by atoms with van der Waals surface area (Å²) >= 11 is 0. The molecule has 0 heteroatoms. The summed E-state index contributed by atoms with van der Waals surface area (Å²) < 4.78 is 0. The highest BCUT2D eigenvalue weighted by molar-refractivity contribution is 6.26. The quantitative estimate of drug-likeness (QED) is 0.169. The van der Waals surface area contributed by atoms with Gasteiger partial charge in [-0.15, -0.1) is 0 Å². The van der Waals surface area contributed by atoms with Crippen molar-refractivity contribution in [1.29, 1.82) is 0 Å². The average molecular weight is 621 g/mol. The fraction of sp³-hybridized carbons (Fsp3) is 0.0612. The summed E-state index contributed by atoms with van der Waals surface area (Å²) in [5.41, 5.74) is 10.6. The fourth-order valence-corrected chi connectivity index (χ4v) is 9.51. The predicted molar refractivity (Wildman–Crippen MR) is 211 cm³/mol. The number of fused-ring (bicyclic) bond motifs is 10. The number of hydrogen-bond donors (Lipinski definition) is 0. The summed E-state index contributed by atoms with van der Waals surface area (Å²) in [6.45, 7) is 4.85. The van der Waals surface area contributed by atoms with Gasteiger partial charge in [-0.2, -0.15) is 0 Å². The molecule has 10 aromatic carbocycles. The Labute approximate surface area is 285 Å². The van der Waals surface area contributed by atoms with E-state index in [0.717, 1.165) is 0 Å². The minimum atomic E-state index is -0.144. The lowest BCUT2D eigenvalue weighted by Gasteiger charge is -2.25. The summed E-state index contributed by atoms with van der Waals surface area (Å²) in [6, 6.07) is 59.2. The van der Waals surface area contributed by atoms with Gasteiger partial charge in [0.05, 0.1) is 0 Å². The molecule has 0 saturated heterocycles. The highest BCUT2D eigenvalue weighted by Gasteiger charge is 2.39. The van der Waals surface area contributed by atoms with E-state index in [1.54, 1.807) is 0 Å². The Morgan fingerprint density at radius 3 is 1.69 bits per heavy atom. The van der Waals surface area contributed by atoms with Crippen molar-refractivity contribution in [3.63, 3.8) is 0 Å². The van der Waals surface area contributed by atoms with Crippen molar-refractivity contribution < 1.29 is 0 Å². The molecule has 1 aliphatic carbocycles. The zero-order valence-corrected chi connectivity index (χ0v) is 27.5. The lowest BCUT2D eigenvalue weighted by atomic mass is 9.77.